The molecular weight excluding hydrogens is 408 g/mol. The molecule has 0 aliphatic carbocycles. The first-order valence-electron chi connectivity index (χ1n) is 11.8. The zero-order chi connectivity index (χ0) is 22.9. The van der Waals surface area contributed by atoms with Crippen molar-refractivity contribution >= 4 is 0 Å². The minimum atomic E-state index is -0.423. The first-order valence-corrected chi connectivity index (χ1v) is 11.8. The van der Waals surface area contributed by atoms with Crippen LogP contribution in [0.5, 0.6) is 5.75 Å². The molecule has 0 N–H and O–H groups in total. The van der Waals surface area contributed by atoms with Crippen molar-refractivity contribution in [2.75, 3.05) is 33.4 Å². The summed E-state index contributed by atoms with van der Waals surface area (Å²) in [5.41, 5.74) is 2.69. The molecule has 33 heavy (non-hydrogen) atoms. The van der Waals surface area contributed by atoms with Gasteiger partial charge >= 0.3 is 0 Å². The maximum absolute atomic E-state index is 8.90. The van der Waals surface area contributed by atoms with Gasteiger partial charge in [-0.1, -0.05) is 60.7 Å². The molecule has 0 spiro atoms. The molecule has 0 radical (unpaired) electrons. The van der Waals surface area contributed by atoms with Gasteiger partial charge in [0.2, 0.25) is 0 Å². The molecule has 0 amide bonds. The second-order valence-corrected chi connectivity index (χ2v) is 8.63. The van der Waals surface area contributed by atoms with Gasteiger partial charge < -0.3 is 14.4 Å². The number of rotatable bonds is 9. The summed E-state index contributed by atoms with van der Waals surface area (Å²) >= 11 is 0. The highest BCUT2D eigenvalue weighted by Crippen LogP contribution is 2.44. The van der Waals surface area contributed by atoms with Crippen molar-refractivity contribution in [3.05, 3.63) is 102 Å². The minimum Gasteiger partial charge on any atom is -0.494 e. The Morgan fingerprint density at radius 2 is 1.45 bits per heavy atom. The van der Waals surface area contributed by atoms with E-state index in [2.05, 4.69) is 71.6 Å². The van der Waals surface area contributed by atoms with Crippen LogP contribution in [-0.2, 0) is 10.3 Å². The highest BCUT2D eigenvalue weighted by molar-refractivity contribution is 5.38. The molecule has 4 rings (SSSR count). The van der Waals surface area contributed by atoms with E-state index in [4.69, 9.17) is 14.7 Å². The van der Waals surface area contributed by atoms with Gasteiger partial charge in [-0.05, 0) is 73.7 Å². The number of benzene rings is 3. The Kier molecular flexibility index (Phi) is 7.78. The van der Waals surface area contributed by atoms with E-state index in [0.29, 0.717) is 18.1 Å². The Morgan fingerprint density at radius 1 is 0.879 bits per heavy atom. The summed E-state index contributed by atoms with van der Waals surface area (Å²) in [6.45, 7) is 3.83. The summed E-state index contributed by atoms with van der Waals surface area (Å²) in [5.74, 6) is 1.24. The Labute approximate surface area is 197 Å². The third-order valence-corrected chi connectivity index (χ3v) is 6.76. The lowest BCUT2D eigenvalue weighted by Gasteiger charge is -2.44. The van der Waals surface area contributed by atoms with Gasteiger partial charge in [0.05, 0.1) is 18.2 Å². The van der Waals surface area contributed by atoms with E-state index in [-0.39, 0.29) is 0 Å². The first-order chi connectivity index (χ1) is 16.3. The lowest BCUT2D eigenvalue weighted by atomic mass is 9.71. The number of ether oxygens (including phenoxy) is 2. The van der Waals surface area contributed by atoms with Crippen molar-refractivity contribution in [1.82, 2.24) is 4.90 Å². The van der Waals surface area contributed by atoms with Gasteiger partial charge in [0.1, 0.15) is 11.4 Å². The number of likely N-dealkylation sites (tertiary alicyclic amines) is 1. The highest BCUT2D eigenvalue weighted by atomic mass is 16.5. The van der Waals surface area contributed by atoms with Gasteiger partial charge in [0.25, 0.3) is 0 Å². The molecule has 4 heteroatoms. The Balaban J connectivity index is 1.35. The fourth-order valence-electron chi connectivity index (χ4n) is 5.08. The second kappa shape index (κ2) is 11.1. The number of hydrogen-bond donors (Lipinski definition) is 0. The molecule has 1 saturated heterocycles. The fourth-order valence-corrected chi connectivity index (χ4v) is 5.08. The lowest BCUT2D eigenvalue weighted by molar-refractivity contribution is -0.0509. The second-order valence-electron chi connectivity index (χ2n) is 8.63. The Bertz CT molecular complexity index is 981. The van der Waals surface area contributed by atoms with Crippen molar-refractivity contribution in [1.29, 1.82) is 5.26 Å². The van der Waals surface area contributed by atoms with Gasteiger partial charge in [-0.25, -0.2) is 0 Å². The van der Waals surface area contributed by atoms with Crippen molar-refractivity contribution < 1.29 is 9.47 Å². The van der Waals surface area contributed by atoms with Gasteiger partial charge in [-0.2, -0.15) is 5.26 Å². The molecule has 0 atom stereocenters. The van der Waals surface area contributed by atoms with E-state index in [9.17, 15) is 0 Å². The van der Waals surface area contributed by atoms with Crippen molar-refractivity contribution in [2.45, 2.75) is 24.9 Å². The van der Waals surface area contributed by atoms with Crippen molar-refractivity contribution in [3.63, 3.8) is 0 Å². The molecule has 3 aromatic rings. The SMILES string of the molecule is COC(c1ccccc1)(c1ccccc1)C1CCN(CCCOc2ccc(C#N)cc2)CC1. The molecular formula is C29H32N2O2. The highest BCUT2D eigenvalue weighted by Gasteiger charge is 2.43. The third-order valence-electron chi connectivity index (χ3n) is 6.76. The number of nitriles is 1. The summed E-state index contributed by atoms with van der Waals surface area (Å²) in [6, 6.07) is 30.8. The summed E-state index contributed by atoms with van der Waals surface area (Å²) in [5, 5.41) is 8.90. The molecule has 0 bridgehead atoms. The molecule has 170 valence electrons. The summed E-state index contributed by atoms with van der Waals surface area (Å²) in [7, 11) is 1.85. The minimum absolute atomic E-state index is 0.415. The molecule has 1 fully saturated rings. The van der Waals surface area contributed by atoms with E-state index < -0.39 is 5.60 Å². The Morgan fingerprint density at radius 3 is 1.97 bits per heavy atom. The van der Waals surface area contributed by atoms with Crippen LogP contribution in [-0.4, -0.2) is 38.3 Å². The molecule has 1 aliphatic rings. The normalized spacial score (nSPS) is 15.2. The van der Waals surface area contributed by atoms with Crippen LogP contribution < -0.4 is 4.74 Å². The summed E-state index contributed by atoms with van der Waals surface area (Å²) in [4.78, 5) is 2.54. The first kappa shape index (κ1) is 23.0. The van der Waals surface area contributed by atoms with Crippen LogP contribution in [0.25, 0.3) is 0 Å². The molecule has 0 unspecified atom stereocenters. The van der Waals surface area contributed by atoms with Crippen LogP contribution in [0.3, 0.4) is 0 Å². The van der Waals surface area contributed by atoms with E-state index in [1.165, 1.54) is 11.1 Å². The topological polar surface area (TPSA) is 45.5 Å². The van der Waals surface area contributed by atoms with E-state index in [1.54, 1.807) is 12.1 Å². The van der Waals surface area contributed by atoms with Gasteiger partial charge in [0, 0.05) is 13.7 Å². The average molecular weight is 441 g/mol. The number of piperidine rings is 1. The standard InChI is InChI=1S/C29H32N2O2/c1-32-29(25-9-4-2-5-10-25,26-11-6-3-7-12-26)27-17-20-31(21-18-27)19-8-22-33-28-15-13-24(23-30)14-16-28/h2-7,9-16,27H,8,17-22H2,1H3. The fraction of sp³-hybridized carbons (Fsp3) is 0.345. The summed E-state index contributed by atoms with van der Waals surface area (Å²) in [6.07, 6.45) is 3.17. The molecule has 1 heterocycles. The van der Waals surface area contributed by atoms with Crippen LogP contribution in [0, 0.1) is 17.2 Å². The van der Waals surface area contributed by atoms with Crippen LogP contribution in [0.4, 0.5) is 0 Å². The van der Waals surface area contributed by atoms with E-state index in [1.807, 2.05) is 19.2 Å². The predicted octanol–water partition coefficient (Wildman–Crippen LogP) is 5.63. The number of nitrogens with zero attached hydrogens (tertiary/aromatic N) is 2. The quantitative estimate of drug-likeness (QED) is 0.405. The van der Waals surface area contributed by atoms with Gasteiger partial charge in [-0.3, -0.25) is 0 Å². The van der Waals surface area contributed by atoms with Crippen molar-refractivity contribution in [2.24, 2.45) is 5.92 Å². The monoisotopic (exact) mass is 440 g/mol. The maximum Gasteiger partial charge on any atom is 0.121 e. The largest absolute Gasteiger partial charge is 0.494 e. The van der Waals surface area contributed by atoms with Crippen LogP contribution in [0.1, 0.15) is 36.0 Å². The zero-order valence-corrected chi connectivity index (χ0v) is 19.3. The predicted molar refractivity (Wildman–Crippen MR) is 131 cm³/mol. The van der Waals surface area contributed by atoms with E-state index >= 15 is 0 Å². The van der Waals surface area contributed by atoms with Crippen LogP contribution in [0.2, 0.25) is 0 Å². The van der Waals surface area contributed by atoms with Crippen LogP contribution >= 0.6 is 0 Å². The third kappa shape index (κ3) is 5.27. The van der Waals surface area contributed by atoms with Gasteiger partial charge in [0.15, 0.2) is 0 Å². The zero-order valence-electron chi connectivity index (χ0n) is 19.3. The molecule has 3 aromatic carbocycles. The lowest BCUT2D eigenvalue weighted by Crippen LogP contribution is -2.45. The van der Waals surface area contributed by atoms with Crippen molar-refractivity contribution in [3.8, 4) is 11.8 Å². The molecule has 4 nitrogen and oxygen atoms in total. The molecule has 1 aliphatic heterocycles. The summed E-state index contributed by atoms with van der Waals surface area (Å²) < 4.78 is 12.2. The maximum atomic E-state index is 8.90. The van der Waals surface area contributed by atoms with E-state index in [0.717, 1.165) is 44.6 Å². The Hall–Kier alpha value is -3.13. The number of hydrogen-bond acceptors (Lipinski definition) is 4. The van der Waals surface area contributed by atoms with Crippen LogP contribution in [0.15, 0.2) is 84.9 Å². The molecule has 0 aromatic heterocycles. The average Bonchev–Trinajstić information content (AvgIpc) is 2.90. The molecule has 0 saturated carbocycles. The number of methoxy groups -OCH3 is 1. The van der Waals surface area contributed by atoms with Gasteiger partial charge in [-0.15, -0.1) is 0 Å². The smallest absolute Gasteiger partial charge is 0.121 e.